The standard InChI is InChI=1S/C20H27N5O3S/c1-3-25-19(15-8-4-5-9-16(15)28-2)22-23-20(25)29-14-17(26)21-11-7-13-24-12-6-10-18(24)27/h4-5,8-9H,3,6-7,10-14H2,1-2H3,(H,21,26). The number of benzene rings is 1. The number of rotatable bonds is 10. The van der Waals surface area contributed by atoms with Gasteiger partial charge in [-0.3, -0.25) is 9.59 Å². The average Bonchev–Trinajstić information content (AvgIpc) is 3.35. The number of para-hydroxylation sites is 1. The molecule has 3 rings (SSSR count). The summed E-state index contributed by atoms with van der Waals surface area (Å²) < 4.78 is 7.41. The largest absolute Gasteiger partial charge is 0.496 e. The van der Waals surface area contributed by atoms with E-state index in [1.807, 2.05) is 40.7 Å². The molecule has 0 aliphatic carbocycles. The van der Waals surface area contributed by atoms with Gasteiger partial charge in [-0.1, -0.05) is 23.9 Å². The Kier molecular flexibility index (Phi) is 7.51. The normalized spacial score (nSPS) is 13.7. The molecule has 156 valence electrons. The van der Waals surface area contributed by atoms with E-state index < -0.39 is 0 Å². The number of methoxy groups -OCH3 is 1. The molecule has 2 aromatic rings. The van der Waals surface area contributed by atoms with Crippen molar-refractivity contribution in [1.82, 2.24) is 25.0 Å². The van der Waals surface area contributed by atoms with E-state index in [4.69, 9.17) is 4.74 Å². The summed E-state index contributed by atoms with van der Waals surface area (Å²) in [6.07, 6.45) is 2.36. The maximum Gasteiger partial charge on any atom is 0.230 e. The van der Waals surface area contributed by atoms with Crippen molar-refractivity contribution in [2.24, 2.45) is 0 Å². The van der Waals surface area contributed by atoms with Gasteiger partial charge < -0.3 is 19.5 Å². The lowest BCUT2D eigenvalue weighted by atomic mass is 10.2. The number of carbonyl (C=O) groups is 2. The third-order valence-electron chi connectivity index (χ3n) is 4.81. The number of amides is 2. The van der Waals surface area contributed by atoms with Gasteiger partial charge in [-0.2, -0.15) is 0 Å². The maximum absolute atomic E-state index is 12.2. The van der Waals surface area contributed by atoms with Crippen LogP contribution in [-0.4, -0.2) is 64.0 Å². The van der Waals surface area contributed by atoms with E-state index in [0.717, 1.165) is 36.5 Å². The zero-order valence-electron chi connectivity index (χ0n) is 16.9. The first-order valence-corrected chi connectivity index (χ1v) is 10.9. The van der Waals surface area contributed by atoms with Crippen LogP contribution >= 0.6 is 11.8 Å². The van der Waals surface area contributed by atoms with Gasteiger partial charge in [0.1, 0.15) is 5.75 Å². The van der Waals surface area contributed by atoms with E-state index in [0.29, 0.717) is 31.2 Å². The second kappa shape index (κ2) is 10.3. The molecule has 2 amide bonds. The fourth-order valence-corrected chi connectivity index (χ4v) is 4.16. The van der Waals surface area contributed by atoms with E-state index in [1.54, 1.807) is 7.11 Å². The molecule has 0 spiro atoms. The van der Waals surface area contributed by atoms with Gasteiger partial charge in [-0.05, 0) is 31.9 Å². The van der Waals surface area contributed by atoms with Crippen LogP contribution in [0.4, 0.5) is 0 Å². The van der Waals surface area contributed by atoms with Crippen molar-refractivity contribution in [3.63, 3.8) is 0 Å². The third-order valence-corrected chi connectivity index (χ3v) is 5.78. The van der Waals surface area contributed by atoms with E-state index in [-0.39, 0.29) is 17.6 Å². The highest BCUT2D eigenvalue weighted by molar-refractivity contribution is 7.99. The van der Waals surface area contributed by atoms with Gasteiger partial charge in [0.2, 0.25) is 11.8 Å². The number of thioether (sulfide) groups is 1. The average molecular weight is 418 g/mol. The molecule has 2 heterocycles. The van der Waals surface area contributed by atoms with Crippen molar-refractivity contribution in [2.75, 3.05) is 32.5 Å². The van der Waals surface area contributed by atoms with Crippen molar-refractivity contribution in [3.05, 3.63) is 24.3 Å². The molecule has 29 heavy (non-hydrogen) atoms. The molecular weight excluding hydrogens is 390 g/mol. The monoisotopic (exact) mass is 417 g/mol. The topological polar surface area (TPSA) is 89.4 Å². The Morgan fingerprint density at radius 1 is 1.31 bits per heavy atom. The van der Waals surface area contributed by atoms with Crippen LogP contribution in [0.1, 0.15) is 26.2 Å². The Balaban J connectivity index is 1.51. The second-order valence-electron chi connectivity index (χ2n) is 6.73. The Bertz CT molecular complexity index is 854. The summed E-state index contributed by atoms with van der Waals surface area (Å²) in [5.74, 6) is 1.90. The molecule has 0 radical (unpaired) electrons. The minimum atomic E-state index is -0.0488. The van der Waals surface area contributed by atoms with Crippen molar-refractivity contribution in [3.8, 4) is 17.1 Å². The smallest absolute Gasteiger partial charge is 0.230 e. The molecule has 1 fully saturated rings. The van der Waals surface area contributed by atoms with Gasteiger partial charge in [0.05, 0.1) is 18.4 Å². The molecule has 9 heteroatoms. The van der Waals surface area contributed by atoms with Crippen molar-refractivity contribution in [2.45, 2.75) is 37.9 Å². The van der Waals surface area contributed by atoms with Gasteiger partial charge in [-0.15, -0.1) is 10.2 Å². The Labute approximate surface area is 175 Å². The molecule has 1 N–H and O–H groups in total. The molecule has 1 aliphatic rings. The van der Waals surface area contributed by atoms with Gasteiger partial charge in [0, 0.05) is 32.6 Å². The Morgan fingerprint density at radius 3 is 2.86 bits per heavy atom. The van der Waals surface area contributed by atoms with Crippen molar-refractivity contribution >= 4 is 23.6 Å². The number of ether oxygens (including phenoxy) is 1. The van der Waals surface area contributed by atoms with Crippen LogP contribution in [0, 0.1) is 0 Å². The minimum Gasteiger partial charge on any atom is -0.496 e. The van der Waals surface area contributed by atoms with Crippen LogP contribution in [-0.2, 0) is 16.1 Å². The lowest BCUT2D eigenvalue weighted by Crippen LogP contribution is -2.31. The van der Waals surface area contributed by atoms with Crippen LogP contribution in [0.3, 0.4) is 0 Å². The number of nitrogens with zero attached hydrogens (tertiary/aromatic N) is 4. The Hall–Kier alpha value is -2.55. The number of hydrogen-bond acceptors (Lipinski definition) is 6. The first kappa shape index (κ1) is 21.2. The van der Waals surface area contributed by atoms with Gasteiger partial charge in [0.25, 0.3) is 0 Å². The van der Waals surface area contributed by atoms with Crippen molar-refractivity contribution < 1.29 is 14.3 Å². The van der Waals surface area contributed by atoms with Crippen LogP contribution in [0.15, 0.2) is 29.4 Å². The van der Waals surface area contributed by atoms with E-state index >= 15 is 0 Å². The first-order chi connectivity index (χ1) is 14.1. The van der Waals surface area contributed by atoms with E-state index in [2.05, 4.69) is 15.5 Å². The van der Waals surface area contributed by atoms with Crippen LogP contribution in [0.25, 0.3) is 11.4 Å². The quantitative estimate of drug-likeness (QED) is 0.471. The van der Waals surface area contributed by atoms with Crippen molar-refractivity contribution in [1.29, 1.82) is 0 Å². The number of nitrogens with one attached hydrogen (secondary N) is 1. The first-order valence-electron chi connectivity index (χ1n) is 9.88. The molecule has 1 aliphatic heterocycles. The highest BCUT2D eigenvalue weighted by Crippen LogP contribution is 2.30. The van der Waals surface area contributed by atoms with Gasteiger partial charge in [-0.25, -0.2) is 0 Å². The summed E-state index contributed by atoms with van der Waals surface area (Å²) in [6, 6.07) is 7.68. The van der Waals surface area contributed by atoms with E-state index in [9.17, 15) is 9.59 Å². The summed E-state index contributed by atoms with van der Waals surface area (Å²) in [5.41, 5.74) is 0.872. The molecule has 8 nitrogen and oxygen atoms in total. The molecule has 0 saturated carbocycles. The number of hydrogen-bond donors (Lipinski definition) is 1. The summed E-state index contributed by atoms with van der Waals surface area (Å²) in [7, 11) is 1.63. The molecule has 0 atom stereocenters. The predicted molar refractivity (Wildman–Crippen MR) is 112 cm³/mol. The number of likely N-dealkylation sites (tertiary alicyclic amines) is 1. The summed E-state index contributed by atoms with van der Waals surface area (Å²) in [4.78, 5) is 25.6. The molecular formula is C20H27N5O3S. The fourth-order valence-electron chi connectivity index (χ4n) is 3.33. The maximum atomic E-state index is 12.2. The molecule has 1 saturated heterocycles. The highest BCUT2D eigenvalue weighted by atomic mass is 32.2. The third kappa shape index (κ3) is 5.29. The van der Waals surface area contributed by atoms with Gasteiger partial charge >= 0.3 is 0 Å². The predicted octanol–water partition coefficient (Wildman–Crippen LogP) is 2.19. The zero-order chi connectivity index (χ0) is 20.6. The summed E-state index contributed by atoms with van der Waals surface area (Å²) in [5, 5.41) is 12.2. The molecule has 0 bridgehead atoms. The molecule has 1 aromatic carbocycles. The lowest BCUT2D eigenvalue weighted by molar-refractivity contribution is -0.127. The highest BCUT2D eigenvalue weighted by Gasteiger charge is 2.19. The van der Waals surface area contributed by atoms with Crippen LogP contribution in [0.5, 0.6) is 5.75 Å². The minimum absolute atomic E-state index is 0.0488. The fraction of sp³-hybridized carbons (Fsp3) is 0.500. The Morgan fingerprint density at radius 2 is 2.14 bits per heavy atom. The summed E-state index contributed by atoms with van der Waals surface area (Å²) in [6.45, 7) is 4.82. The molecule has 1 aromatic heterocycles. The lowest BCUT2D eigenvalue weighted by Gasteiger charge is -2.15. The molecule has 0 unspecified atom stereocenters. The van der Waals surface area contributed by atoms with E-state index in [1.165, 1.54) is 11.8 Å². The SMILES string of the molecule is CCn1c(SCC(=O)NCCCN2CCCC2=O)nnc1-c1ccccc1OC. The zero-order valence-corrected chi connectivity index (χ0v) is 17.7. The van der Waals surface area contributed by atoms with Crippen LogP contribution in [0.2, 0.25) is 0 Å². The van der Waals surface area contributed by atoms with Crippen LogP contribution < -0.4 is 10.1 Å². The summed E-state index contributed by atoms with van der Waals surface area (Å²) >= 11 is 1.36. The number of aromatic nitrogens is 3. The van der Waals surface area contributed by atoms with Gasteiger partial charge in [0.15, 0.2) is 11.0 Å². The number of carbonyl (C=O) groups excluding carboxylic acids is 2. The second-order valence-corrected chi connectivity index (χ2v) is 7.67.